The zero-order valence-electron chi connectivity index (χ0n) is 13.0. The zero-order valence-corrected chi connectivity index (χ0v) is 14.0. The van der Waals surface area contributed by atoms with Gasteiger partial charge in [0.25, 0.3) is 5.91 Å². The lowest BCUT2D eigenvalue weighted by molar-refractivity contribution is -0.139. The molecule has 0 aliphatic rings. The lowest BCUT2D eigenvalue weighted by atomic mass is 10.1. The average molecular weight is 305 g/mol. The van der Waals surface area contributed by atoms with Gasteiger partial charge in [0.2, 0.25) is 0 Å². The first-order valence-corrected chi connectivity index (χ1v) is 10.6. The summed E-state index contributed by atoms with van der Waals surface area (Å²) in [5.74, 6) is -1.35. The van der Waals surface area contributed by atoms with Crippen LogP contribution in [0.4, 0.5) is 0 Å². The molecule has 2 N–H and O–H groups in total. The third-order valence-corrected chi connectivity index (χ3v) is 5.87. The molecule has 2 atom stereocenters. The van der Waals surface area contributed by atoms with Crippen molar-refractivity contribution in [1.82, 2.24) is 5.32 Å². The van der Waals surface area contributed by atoms with Crippen molar-refractivity contribution in [2.24, 2.45) is 0 Å². The van der Waals surface area contributed by atoms with Gasteiger partial charge in [-0.25, -0.2) is 4.79 Å². The largest absolute Gasteiger partial charge is 0.480 e. The van der Waals surface area contributed by atoms with Crippen LogP contribution in [0.25, 0.3) is 0 Å². The van der Waals surface area contributed by atoms with Gasteiger partial charge in [0.15, 0.2) is 0 Å². The molecule has 0 saturated carbocycles. The summed E-state index contributed by atoms with van der Waals surface area (Å²) in [6.07, 6.45) is 3.75. The molecule has 0 aromatic heterocycles. The summed E-state index contributed by atoms with van der Waals surface area (Å²) in [4.78, 5) is 23.8. The fraction of sp³-hybridized carbons (Fsp3) is 0.375. The van der Waals surface area contributed by atoms with Gasteiger partial charge >= 0.3 is 5.97 Å². The van der Waals surface area contributed by atoms with Crippen molar-refractivity contribution in [3.63, 3.8) is 0 Å². The van der Waals surface area contributed by atoms with Crippen LogP contribution in [0.3, 0.4) is 0 Å². The van der Waals surface area contributed by atoms with Gasteiger partial charge in [-0.2, -0.15) is 0 Å². The fourth-order valence-corrected chi connectivity index (χ4v) is 4.22. The van der Waals surface area contributed by atoms with Crippen molar-refractivity contribution in [3.8, 4) is 0 Å². The highest BCUT2D eigenvalue weighted by Crippen LogP contribution is 2.27. The second-order valence-corrected chi connectivity index (χ2v) is 11.5. The van der Waals surface area contributed by atoms with E-state index in [0.717, 1.165) is 0 Å². The Balaban J connectivity index is 3.02. The first kappa shape index (κ1) is 17.2. The minimum Gasteiger partial charge on any atom is -0.480 e. The molecule has 5 heteroatoms. The molecule has 114 valence electrons. The monoisotopic (exact) mass is 305 g/mol. The molecule has 0 radical (unpaired) electrons. The van der Waals surface area contributed by atoms with Crippen LogP contribution in [0.15, 0.2) is 42.5 Å². The van der Waals surface area contributed by atoms with E-state index in [1.807, 2.05) is 25.1 Å². The minimum atomic E-state index is -1.78. The average Bonchev–Trinajstić information content (AvgIpc) is 2.42. The van der Waals surface area contributed by atoms with E-state index < -0.39 is 20.1 Å². The van der Waals surface area contributed by atoms with Crippen molar-refractivity contribution >= 4 is 20.0 Å². The number of carbonyl (C=O) groups excluding carboxylic acids is 1. The van der Waals surface area contributed by atoms with Crippen molar-refractivity contribution in [2.75, 3.05) is 0 Å². The molecular formula is C16H23NO3Si. The van der Waals surface area contributed by atoms with Crippen molar-refractivity contribution in [2.45, 2.75) is 38.1 Å². The zero-order chi connectivity index (χ0) is 16.0. The maximum atomic E-state index is 12.2. The smallest absolute Gasteiger partial charge is 0.326 e. The maximum absolute atomic E-state index is 12.2. The van der Waals surface area contributed by atoms with E-state index in [1.165, 1.54) is 0 Å². The summed E-state index contributed by atoms with van der Waals surface area (Å²) < 4.78 is 0. The van der Waals surface area contributed by atoms with Gasteiger partial charge in [0.1, 0.15) is 6.04 Å². The van der Waals surface area contributed by atoms with Crippen LogP contribution in [0.1, 0.15) is 17.3 Å². The topological polar surface area (TPSA) is 66.4 Å². The second kappa shape index (κ2) is 7.22. The normalized spacial score (nSPS) is 14.7. The molecule has 0 spiro atoms. The molecule has 0 aliphatic carbocycles. The Hall–Kier alpha value is -1.88. The minimum absolute atomic E-state index is 0.160. The number of amides is 1. The van der Waals surface area contributed by atoms with E-state index in [9.17, 15) is 14.7 Å². The molecule has 0 fully saturated rings. The summed E-state index contributed by atoms with van der Waals surface area (Å²) in [5.41, 5.74) is 0.311. The van der Waals surface area contributed by atoms with Crippen LogP contribution in [-0.4, -0.2) is 31.1 Å². The molecule has 0 heterocycles. The third-order valence-electron chi connectivity index (χ3n) is 3.35. The predicted octanol–water partition coefficient (Wildman–Crippen LogP) is 3.15. The maximum Gasteiger partial charge on any atom is 0.326 e. The molecule has 0 aliphatic heterocycles. The number of rotatable bonds is 6. The Kier molecular flexibility index (Phi) is 5.90. The van der Waals surface area contributed by atoms with Gasteiger partial charge < -0.3 is 10.4 Å². The van der Waals surface area contributed by atoms with Crippen LogP contribution in [0.5, 0.6) is 0 Å². The predicted molar refractivity (Wildman–Crippen MR) is 87.2 cm³/mol. The summed E-state index contributed by atoms with van der Waals surface area (Å²) in [6, 6.07) is 7.77. The Bertz CT molecular complexity index is 520. The van der Waals surface area contributed by atoms with Gasteiger partial charge in [0.05, 0.1) is 8.07 Å². The summed E-state index contributed by atoms with van der Waals surface area (Å²) >= 11 is 0. The summed E-state index contributed by atoms with van der Waals surface area (Å²) in [7, 11) is -1.78. The molecule has 1 amide bonds. The number of allylic oxidation sites excluding steroid dienone is 1. The van der Waals surface area contributed by atoms with Crippen LogP contribution >= 0.6 is 0 Å². The Labute approximate surface area is 126 Å². The standard InChI is InChI=1S/C16H23NO3Si/c1-5-9-13(21(2,3)4)14(16(19)20)17-15(18)12-10-7-6-8-11-12/h5-11,13-14H,1-4H3,(H,17,18)(H,19,20)/b9-5+/t13-,14+/m0/s1. The molecule has 21 heavy (non-hydrogen) atoms. The van der Waals surface area contributed by atoms with E-state index in [1.54, 1.807) is 24.3 Å². The molecular weight excluding hydrogens is 282 g/mol. The second-order valence-electron chi connectivity index (χ2n) is 6.07. The number of hydrogen-bond acceptors (Lipinski definition) is 2. The van der Waals surface area contributed by atoms with Crippen LogP contribution < -0.4 is 5.32 Å². The first-order chi connectivity index (χ1) is 9.77. The first-order valence-electron chi connectivity index (χ1n) is 6.99. The van der Waals surface area contributed by atoms with E-state index in [-0.39, 0.29) is 11.4 Å². The number of carbonyl (C=O) groups is 2. The number of carboxylic acid groups (broad SMARTS) is 1. The molecule has 0 saturated heterocycles. The number of carboxylic acids is 1. The number of aliphatic carboxylic acids is 1. The lowest BCUT2D eigenvalue weighted by Crippen LogP contribution is -2.49. The molecule has 1 aromatic carbocycles. The SMILES string of the molecule is C/C=C/[C@@H]([C@@H](NC(=O)c1ccccc1)C(=O)O)[Si](C)(C)C. The molecule has 4 nitrogen and oxygen atoms in total. The highest BCUT2D eigenvalue weighted by atomic mass is 28.3. The Morgan fingerprint density at radius 1 is 1.19 bits per heavy atom. The summed E-state index contributed by atoms with van der Waals surface area (Å²) in [5, 5.41) is 12.2. The van der Waals surface area contributed by atoms with Gasteiger partial charge in [-0.3, -0.25) is 4.79 Å². The van der Waals surface area contributed by atoms with E-state index >= 15 is 0 Å². The van der Waals surface area contributed by atoms with Crippen LogP contribution in [-0.2, 0) is 4.79 Å². The Morgan fingerprint density at radius 3 is 2.19 bits per heavy atom. The van der Waals surface area contributed by atoms with Gasteiger partial charge in [-0.05, 0) is 19.1 Å². The molecule has 0 bridgehead atoms. The van der Waals surface area contributed by atoms with Gasteiger partial charge in [-0.1, -0.05) is 50.0 Å². The number of hydrogen-bond donors (Lipinski definition) is 2. The lowest BCUT2D eigenvalue weighted by Gasteiger charge is -2.31. The molecule has 0 unspecified atom stereocenters. The molecule has 1 aromatic rings. The van der Waals surface area contributed by atoms with Crippen molar-refractivity contribution in [1.29, 1.82) is 0 Å². The van der Waals surface area contributed by atoms with E-state index in [2.05, 4.69) is 25.0 Å². The number of benzene rings is 1. The molecule has 1 rings (SSSR count). The number of nitrogens with one attached hydrogen (secondary N) is 1. The van der Waals surface area contributed by atoms with Gasteiger partial charge in [-0.15, -0.1) is 0 Å². The highest BCUT2D eigenvalue weighted by molar-refractivity contribution is 6.78. The quantitative estimate of drug-likeness (QED) is 0.626. The van der Waals surface area contributed by atoms with Crippen LogP contribution in [0, 0.1) is 0 Å². The van der Waals surface area contributed by atoms with Crippen molar-refractivity contribution < 1.29 is 14.7 Å². The Morgan fingerprint density at radius 2 is 1.76 bits per heavy atom. The fourth-order valence-electron chi connectivity index (χ4n) is 2.23. The van der Waals surface area contributed by atoms with E-state index in [4.69, 9.17) is 0 Å². The third kappa shape index (κ3) is 4.86. The van der Waals surface area contributed by atoms with E-state index in [0.29, 0.717) is 5.56 Å². The van der Waals surface area contributed by atoms with Crippen LogP contribution in [0.2, 0.25) is 25.2 Å². The van der Waals surface area contributed by atoms with Gasteiger partial charge in [0, 0.05) is 11.1 Å². The van der Waals surface area contributed by atoms with Crippen molar-refractivity contribution in [3.05, 3.63) is 48.0 Å². The summed E-state index contributed by atoms with van der Waals surface area (Å²) in [6.45, 7) is 8.16. The highest BCUT2D eigenvalue weighted by Gasteiger charge is 2.37.